The van der Waals surface area contributed by atoms with Crippen LogP contribution < -0.4 is 0 Å². The number of carbonyl (C=O) groups excluding carboxylic acids is 1. The van der Waals surface area contributed by atoms with E-state index in [9.17, 15) is 9.59 Å². The fourth-order valence-electron chi connectivity index (χ4n) is 2.83. The molecule has 1 unspecified atom stereocenters. The van der Waals surface area contributed by atoms with E-state index in [2.05, 4.69) is 4.90 Å². The summed E-state index contributed by atoms with van der Waals surface area (Å²) in [6, 6.07) is 7.24. The van der Waals surface area contributed by atoms with Gasteiger partial charge in [0.25, 0.3) is 0 Å². The minimum Gasteiger partial charge on any atom is -0.481 e. The normalized spacial score (nSPS) is 18.8. The Morgan fingerprint density at radius 3 is 2.62 bits per heavy atom. The molecular formula is C16H20ClNO3. The third-order valence-corrected chi connectivity index (χ3v) is 4.23. The van der Waals surface area contributed by atoms with Crippen LogP contribution in [0.4, 0.5) is 0 Å². The van der Waals surface area contributed by atoms with Crippen molar-refractivity contribution in [3.05, 3.63) is 34.9 Å². The molecule has 0 radical (unpaired) electrons. The number of Topliss-reactive ketones (excluding diaryl/α,β-unsaturated/α-hetero) is 1. The highest BCUT2D eigenvalue weighted by atomic mass is 35.5. The fraction of sp³-hybridized carbons (Fsp3) is 0.500. The van der Waals surface area contributed by atoms with Gasteiger partial charge in [-0.05, 0) is 50.1 Å². The molecule has 1 aromatic carbocycles. The molecule has 4 nitrogen and oxygen atoms in total. The first-order chi connectivity index (χ1) is 10.1. The lowest BCUT2D eigenvalue weighted by atomic mass is 10.1. The van der Waals surface area contributed by atoms with E-state index in [1.165, 1.54) is 0 Å². The molecule has 1 saturated heterocycles. The lowest BCUT2D eigenvalue weighted by molar-refractivity contribution is -0.137. The Bertz CT molecular complexity index is 501. The molecule has 5 heteroatoms. The zero-order valence-electron chi connectivity index (χ0n) is 11.9. The van der Waals surface area contributed by atoms with Gasteiger partial charge in [-0.25, -0.2) is 0 Å². The number of carboxylic acids is 1. The van der Waals surface area contributed by atoms with Gasteiger partial charge in [0.1, 0.15) is 0 Å². The molecule has 0 aliphatic carbocycles. The highest BCUT2D eigenvalue weighted by Crippen LogP contribution is 2.22. The summed E-state index contributed by atoms with van der Waals surface area (Å²) in [5.74, 6) is -0.644. The molecule has 0 spiro atoms. The zero-order valence-corrected chi connectivity index (χ0v) is 12.7. The van der Waals surface area contributed by atoms with Gasteiger partial charge < -0.3 is 5.11 Å². The van der Waals surface area contributed by atoms with Gasteiger partial charge in [-0.1, -0.05) is 11.6 Å². The largest absolute Gasteiger partial charge is 0.481 e. The Morgan fingerprint density at radius 2 is 1.95 bits per heavy atom. The number of hydrogen-bond acceptors (Lipinski definition) is 3. The quantitative estimate of drug-likeness (QED) is 0.786. The fourth-order valence-corrected chi connectivity index (χ4v) is 2.96. The summed E-state index contributed by atoms with van der Waals surface area (Å²) < 4.78 is 0. The summed E-state index contributed by atoms with van der Waals surface area (Å²) in [7, 11) is 0. The average Bonchev–Trinajstić information content (AvgIpc) is 2.90. The minimum absolute atomic E-state index is 0.107. The van der Waals surface area contributed by atoms with Gasteiger partial charge >= 0.3 is 5.97 Å². The molecular weight excluding hydrogens is 290 g/mol. The maximum Gasteiger partial charge on any atom is 0.303 e. The number of hydrogen-bond donors (Lipinski definition) is 1. The van der Waals surface area contributed by atoms with E-state index in [0.29, 0.717) is 36.0 Å². The van der Waals surface area contributed by atoms with Crippen LogP contribution in [0.2, 0.25) is 5.02 Å². The molecule has 0 saturated carbocycles. The number of benzene rings is 1. The molecule has 1 fully saturated rings. The summed E-state index contributed by atoms with van der Waals surface area (Å²) in [5, 5.41) is 9.39. The second kappa shape index (κ2) is 7.57. The molecule has 1 aliphatic heterocycles. The average molecular weight is 310 g/mol. The third-order valence-electron chi connectivity index (χ3n) is 3.98. The van der Waals surface area contributed by atoms with Crippen LogP contribution in [-0.2, 0) is 4.79 Å². The lowest BCUT2D eigenvalue weighted by Crippen LogP contribution is -2.32. The summed E-state index contributed by atoms with van der Waals surface area (Å²) in [5.41, 5.74) is 0.681. The van der Waals surface area contributed by atoms with Crippen molar-refractivity contribution in [2.24, 2.45) is 0 Å². The van der Waals surface area contributed by atoms with Crippen molar-refractivity contribution < 1.29 is 14.7 Å². The highest BCUT2D eigenvalue weighted by Gasteiger charge is 2.25. The van der Waals surface area contributed by atoms with Crippen molar-refractivity contribution in [1.29, 1.82) is 0 Å². The van der Waals surface area contributed by atoms with Crippen molar-refractivity contribution in [2.75, 3.05) is 13.1 Å². The number of aliphatic carboxylic acids is 1. The van der Waals surface area contributed by atoms with Crippen molar-refractivity contribution in [3.63, 3.8) is 0 Å². The van der Waals surface area contributed by atoms with Crippen LogP contribution in [-0.4, -0.2) is 40.9 Å². The van der Waals surface area contributed by atoms with Gasteiger partial charge in [0.15, 0.2) is 5.78 Å². The smallest absolute Gasteiger partial charge is 0.303 e. The number of nitrogens with zero attached hydrogens (tertiary/aromatic N) is 1. The standard InChI is InChI=1S/C16H20ClNO3/c17-13-5-3-12(4-6-13)15(19)9-11-18-10-1-2-14(18)7-8-16(20)21/h3-6,14H,1-2,7-11H2,(H,20,21). The highest BCUT2D eigenvalue weighted by molar-refractivity contribution is 6.30. The molecule has 2 rings (SSSR count). The molecule has 1 heterocycles. The van der Waals surface area contributed by atoms with E-state index < -0.39 is 5.97 Å². The van der Waals surface area contributed by atoms with Crippen LogP contribution in [0.25, 0.3) is 0 Å². The van der Waals surface area contributed by atoms with E-state index in [-0.39, 0.29) is 12.2 Å². The van der Waals surface area contributed by atoms with Crippen molar-refractivity contribution in [3.8, 4) is 0 Å². The van der Waals surface area contributed by atoms with E-state index in [4.69, 9.17) is 16.7 Å². The SMILES string of the molecule is O=C(O)CCC1CCCN1CCC(=O)c1ccc(Cl)cc1. The topological polar surface area (TPSA) is 57.6 Å². The van der Waals surface area contributed by atoms with E-state index in [1.54, 1.807) is 24.3 Å². The molecule has 0 amide bonds. The Morgan fingerprint density at radius 1 is 1.24 bits per heavy atom. The first-order valence-corrected chi connectivity index (χ1v) is 7.68. The van der Waals surface area contributed by atoms with E-state index in [1.807, 2.05) is 0 Å². The lowest BCUT2D eigenvalue weighted by Gasteiger charge is -2.23. The van der Waals surface area contributed by atoms with E-state index >= 15 is 0 Å². The van der Waals surface area contributed by atoms with Gasteiger partial charge in [-0.2, -0.15) is 0 Å². The first-order valence-electron chi connectivity index (χ1n) is 7.31. The molecule has 0 aromatic heterocycles. The van der Waals surface area contributed by atoms with Gasteiger partial charge in [-0.15, -0.1) is 0 Å². The van der Waals surface area contributed by atoms with Crippen LogP contribution in [0.15, 0.2) is 24.3 Å². The van der Waals surface area contributed by atoms with Crippen LogP contribution >= 0.6 is 11.6 Å². The molecule has 1 atom stereocenters. The van der Waals surface area contributed by atoms with Gasteiger partial charge in [0.05, 0.1) is 0 Å². The Hall–Kier alpha value is -1.39. The molecule has 21 heavy (non-hydrogen) atoms. The van der Waals surface area contributed by atoms with Crippen LogP contribution in [0.5, 0.6) is 0 Å². The number of ketones is 1. The molecule has 0 bridgehead atoms. The predicted octanol–water partition coefficient (Wildman–Crippen LogP) is 3.24. The monoisotopic (exact) mass is 309 g/mol. The maximum absolute atomic E-state index is 12.1. The van der Waals surface area contributed by atoms with Crippen molar-refractivity contribution in [1.82, 2.24) is 4.90 Å². The Kier molecular flexibility index (Phi) is 5.76. The summed E-state index contributed by atoms with van der Waals surface area (Å²) in [6.45, 7) is 1.66. The molecule has 114 valence electrons. The molecule has 1 aromatic rings. The zero-order chi connectivity index (χ0) is 15.2. The molecule has 1 N–H and O–H groups in total. The number of rotatable bonds is 7. The van der Waals surface area contributed by atoms with Crippen molar-refractivity contribution in [2.45, 2.75) is 38.1 Å². The Labute approximate surface area is 129 Å². The number of carboxylic acid groups (broad SMARTS) is 1. The summed E-state index contributed by atoms with van der Waals surface area (Å²) in [4.78, 5) is 25.0. The second-order valence-electron chi connectivity index (χ2n) is 5.44. The number of likely N-dealkylation sites (tertiary alicyclic amines) is 1. The number of carbonyl (C=O) groups is 2. The van der Waals surface area contributed by atoms with Gasteiger partial charge in [0.2, 0.25) is 0 Å². The molecule has 1 aliphatic rings. The summed E-state index contributed by atoms with van der Waals surface area (Å²) in [6.07, 6.45) is 3.45. The third kappa shape index (κ3) is 4.83. The Balaban J connectivity index is 1.82. The van der Waals surface area contributed by atoms with E-state index in [0.717, 1.165) is 19.4 Å². The number of halogens is 1. The maximum atomic E-state index is 12.1. The van der Waals surface area contributed by atoms with Gasteiger partial charge in [-0.3, -0.25) is 14.5 Å². The first kappa shape index (κ1) is 16.0. The van der Waals surface area contributed by atoms with Crippen LogP contribution in [0, 0.1) is 0 Å². The van der Waals surface area contributed by atoms with Crippen LogP contribution in [0.3, 0.4) is 0 Å². The minimum atomic E-state index is -0.751. The predicted molar refractivity (Wildman–Crippen MR) is 81.9 cm³/mol. The van der Waals surface area contributed by atoms with Crippen molar-refractivity contribution >= 4 is 23.4 Å². The summed E-state index contributed by atoms with van der Waals surface area (Å²) >= 11 is 5.81. The van der Waals surface area contributed by atoms with Crippen LogP contribution in [0.1, 0.15) is 42.5 Å². The van der Waals surface area contributed by atoms with Gasteiger partial charge in [0, 0.05) is 36.0 Å². The second-order valence-corrected chi connectivity index (χ2v) is 5.88.